The number of benzene rings is 1. The topological polar surface area (TPSA) is 52.6 Å². The largest absolute Gasteiger partial charge is 0.391 e. The van der Waals surface area contributed by atoms with E-state index in [4.69, 9.17) is 0 Å². The quantitative estimate of drug-likeness (QED) is 0.835. The summed E-state index contributed by atoms with van der Waals surface area (Å²) in [5.41, 5.74) is 1.08. The van der Waals surface area contributed by atoms with Gasteiger partial charge in [-0.05, 0) is 17.9 Å². The molecule has 0 saturated carbocycles. The van der Waals surface area contributed by atoms with Crippen molar-refractivity contribution in [1.82, 2.24) is 10.2 Å². The Morgan fingerprint density at radius 1 is 1.44 bits per heavy atom. The molecule has 1 aromatic rings. The zero-order chi connectivity index (χ0) is 13.0. The molecule has 2 amide bonds. The Balaban J connectivity index is 1.82. The summed E-state index contributed by atoms with van der Waals surface area (Å²) in [4.78, 5) is 13.6. The number of hydrogen-bond acceptors (Lipinski definition) is 2. The molecule has 98 valence electrons. The maximum atomic E-state index is 11.9. The number of urea groups is 1. The van der Waals surface area contributed by atoms with Crippen molar-refractivity contribution >= 4 is 6.03 Å². The van der Waals surface area contributed by atoms with Crippen LogP contribution in [0.25, 0.3) is 0 Å². The van der Waals surface area contributed by atoms with E-state index in [0.29, 0.717) is 13.1 Å². The lowest BCUT2D eigenvalue weighted by Gasteiger charge is -2.34. The summed E-state index contributed by atoms with van der Waals surface area (Å²) >= 11 is 0. The number of piperidine rings is 1. The van der Waals surface area contributed by atoms with Gasteiger partial charge in [0, 0.05) is 19.6 Å². The van der Waals surface area contributed by atoms with Gasteiger partial charge < -0.3 is 15.3 Å². The van der Waals surface area contributed by atoms with Crippen molar-refractivity contribution in [3.63, 3.8) is 0 Å². The predicted molar refractivity (Wildman–Crippen MR) is 70.0 cm³/mol. The molecule has 0 spiro atoms. The van der Waals surface area contributed by atoms with Crippen molar-refractivity contribution in [2.24, 2.45) is 5.92 Å². The van der Waals surface area contributed by atoms with Crippen molar-refractivity contribution in [3.05, 3.63) is 35.9 Å². The van der Waals surface area contributed by atoms with Gasteiger partial charge in [-0.3, -0.25) is 0 Å². The van der Waals surface area contributed by atoms with Crippen molar-refractivity contribution < 1.29 is 9.90 Å². The average molecular weight is 248 g/mol. The van der Waals surface area contributed by atoms with Crippen LogP contribution in [0.5, 0.6) is 0 Å². The number of aliphatic hydroxyl groups is 1. The number of nitrogens with one attached hydrogen (secondary N) is 1. The second kappa shape index (κ2) is 5.87. The summed E-state index contributed by atoms with van der Waals surface area (Å²) in [6.45, 7) is 3.70. The second-order valence-corrected chi connectivity index (χ2v) is 4.92. The van der Waals surface area contributed by atoms with Gasteiger partial charge in [0.25, 0.3) is 0 Å². The SMILES string of the molecule is CC1CCN(C(=O)NCc2ccccc2)CC1O. The minimum atomic E-state index is -0.402. The lowest BCUT2D eigenvalue weighted by molar-refractivity contribution is 0.0435. The van der Waals surface area contributed by atoms with Crippen LogP contribution in [0.3, 0.4) is 0 Å². The van der Waals surface area contributed by atoms with Crippen LogP contribution in [0.1, 0.15) is 18.9 Å². The van der Waals surface area contributed by atoms with Crippen molar-refractivity contribution in [1.29, 1.82) is 0 Å². The summed E-state index contributed by atoms with van der Waals surface area (Å²) in [7, 11) is 0. The van der Waals surface area contributed by atoms with Crippen LogP contribution >= 0.6 is 0 Å². The molecule has 1 heterocycles. The highest BCUT2D eigenvalue weighted by Gasteiger charge is 2.26. The van der Waals surface area contributed by atoms with E-state index in [1.807, 2.05) is 37.3 Å². The third kappa shape index (κ3) is 3.23. The molecular formula is C14H20N2O2. The Labute approximate surface area is 108 Å². The van der Waals surface area contributed by atoms with E-state index in [9.17, 15) is 9.90 Å². The average Bonchev–Trinajstić information content (AvgIpc) is 2.40. The summed E-state index contributed by atoms with van der Waals surface area (Å²) in [6, 6.07) is 9.72. The van der Waals surface area contributed by atoms with Gasteiger partial charge in [0.1, 0.15) is 0 Å². The van der Waals surface area contributed by atoms with Gasteiger partial charge in [-0.1, -0.05) is 37.3 Å². The first-order chi connectivity index (χ1) is 8.66. The lowest BCUT2D eigenvalue weighted by Crippen LogP contribution is -2.49. The fourth-order valence-electron chi connectivity index (χ4n) is 2.12. The number of amides is 2. The molecule has 2 unspecified atom stereocenters. The molecule has 0 aromatic heterocycles. The van der Waals surface area contributed by atoms with Crippen molar-refractivity contribution in [2.45, 2.75) is 26.0 Å². The zero-order valence-electron chi connectivity index (χ0n) is 10.7. The molecule has 0 bridgehead atoms. The van der Waals surface area contributed by atoms with Crippen LogP contribution in [-0.4, -0.2) is 35.2 Å². The summed E-state index contributed by atoms with van der Waals surface area (Å²) < 4.78 is 0. The van der Waals surface area contributed by atoms with E-state index >= 15 is 0 Å². The minimum Gasteiger partial charge on any atom is -0.391 e. The number of likely N-dealkylation sites (tertiary alicyclic amines) is 1. The molecule has 1 aliphatic heterocycles. The molecule has 1 fully saturated rings. The number of β-amino-alcohol motifs (C(OH)–C–C–N with tert-alkyl or cyclic N) is 1. The highest BCUT2D eigenvalue weighted by atomic mass is 16.3. The maximum absolute atomic E-state index is 11.9. The van der Waals surface area contributed by atoms with Crippen LogP contribution in [0.15, 0.2) is 30.3 Å². The van der Waals surface area contributed by atoms with Crippen molar-refractivity contribution in [3.8, 4) is 0 Å². The number of carbonyl (C=O) groups excluding carboxylic acids is 1. The molecule has 1 saturated heterocycles. The number of carbonyl (C=O) groups is 1. The number of rotatable bonds is 2. The maximum Gasteiger partial charge on any atom is 0.317 e. The van der Waals surface area contributed by atoms with Gasteiger partial charge in [-0.2, -0.15) is 0 Å². The van der Waals surface area contributed by atoms with E-state index < -0.39 is 6.10 Å². The lowest BCUT2D eigenvalue weighted by atomic mass is 9.96. The Hall–Kier alpha value is -1.55. The first-order valence-corrected chi connectivity index (χ1v) is 6.41. The fourth-order valence-corrected chi connectivity index (χ4v) is 2.12. The number of aliphatic hydroxyl groups excluding tert-OH is 1. The van der Waals surface area contributed by atoms with Crippen LogP contribution < -0.4 is 5.32 Å². The highest BCUT2D eigenvalue weighted by molar-refractivity contribution is 5.74. The fraction of sp³-hybridized carbons (Fsp3) is 0.500. The molecular weight excluding hydrogens is 228 g/mol. The normalized spacial score (nSPS) is 23.8. The first-order valence-electron chi connectivity index (χ1n) is 6.41. The van der Waals surface area contributed by atoms with E-state index in [1.54, 1.807) is 4.90 Å². The molecule has 2 rings (SSSR count). The molecule has 0 radical (unpaired) electrons. The zero-order valence-corrected chi connectivity index (χ0v) is 10.7. The Morgan fingerprint density at radius 3 is 2.83 bits per heavy atom. The van der Waals surface area contributed by atoms with Gasteiger partial charge in [-0.15, -0.1) is 0 Å². The molecule has 2 atom stereocenters. The molecule has 4 nitrogen and oxygen atoms in total. The van der Waals surface area contributed by atoms with Gasteiger partial charge in [0.05, 0.1) is 6.10 Å². The highest BCUT2D eigenvalue weighted by Crippen LogP contribution is 2.16. The van der Waals surface area contributed by atoms with Crippen molar-refractivity contribution in [2.75, 3.05) is 13.1 Å². The van der Waals surface area contributed by atoms with Gasteiger partial charge in [0.15, 0.2) is 0 Å². The van der Waals surface area contributed by atoms with Gasteiger partial charge in [0.2, 0.25) is 0 Å². The third-order valence-corrected chi connectivity index (χ3v) is 3.49. The first kappa shape index (κ1) is 12.9. The van der Waals surface area contributed by atoms with E-state index in [1.165, 1.54) is 0 Å². The van der Waals surface area contributed by atoms with E-state index in [2.05, 4.69) is 5.32 Å². The Morgan fingerprint density at radius 2 is 2.17 bits per heavy atom. The van der Waals surface area contributed by atoms with Crippen LogP contribution in [0.4, 0.5) is 4.79 Å². The molecule has 18 heavy (non-hydrogen) atoms. The van der Waals surface area contributed by atoms with Crippen LogP contribution in [0.2, 0.25) is 0 Å². The molecule has 1 aromatic carbocycles. The monoisotopic (exact) mass is 248 g/mol. The van der Waals surface area contributed by atoms with Gasteiger partial charge >= 0.3 is 6.03 Å². The third-order valence-electron chi connectivity index (χ3n) is 3.49. The number of nitrogens with zero attached hydrogens (tertiary/aromatic N) is 1. The molecule has 0 aliphatic carbocycles. The Kier molecular flexibility index (Phi) is 4.20. The number of hydrogen-bond donors (Lipinski definition) is 2. The van der Waals surface area contributed by atoms with E-state index in [0.717, 1.165) is 18.5 Å². The molecule has 2 N–H and O–H groups in total. The summed E-state index contributed by atoms with van der Waals surface area (Å²) in [6.07, 6.45) is 0.459. The minimum absolute atomic E-state index is 0.0928. The predicted octanol–water partition coefficient (Wildman–Crippen LogP) is 1.60. The summed E-state index contributed by atoms with van der Waals surface area (Å²) in [5, 5.41) is 12.6. The van der Waals surface area contributed by atoms with Crippen LogP contribution in [0, 0.1) is 5.92 Å². The molecule has 1 aliphatic rings. The van der Waals surface area contributed by atoms with E-state index in [-0.39, 0.29) is 11.9 Å². The van der Waals surface area contributed by atoms with Crippen LogP contribution in [-0.2, 0) is 6.54 Å². The molecule has 4 heteroatoms. The summed E-state index contributed by atoms with van der Waals surface area (Å²) in [5.74, 6) is 0.281. The van der Waals surface area contributed by atoms with Gasteiger partial charge in [-0.25, -0.2) is 4.79 Å². The Bertz CT molecular complexity index is 394. The smallest absolute Gasteiger partial charge is 0.317 e. The second-order valence-electron chi connectivity index (χ2n) is 4.92. The standard InChI is InChI=1S/C14H20N2O2/c1-11-7-8-16(10-13(11)17)14(18)15-9-12-5-3-2-4-6-12/h2-6,11,13,17H,7-10H2,1H3,(H,15,18).